The molecular formula is C23H32N6OS. The predicted molar refractivity (Wildman–Crippen MR) is 127 cm³/mol. The largest absolute Gasteiger partial charge is 0.355 e. The SMILES string of the molecule is CCN(CC)CCNC(=O)C1CCN(c2nn3cc(-c4ccc(C)cc4)nc3s2)CC1. The summed E-state index contributed by atoms with van der Waals surface area (Å²) in [6, 6.07) is 8.40. The van der Waals surface area contributed by atoms with Gasteiger partial charge in [-0.05, 0) is 32.9 Å². The zero-order valence-electron chi connectivity index (χ0n) is 18.7. The summed E-state index contributed by atoms with van der Waals surface area (Å²) >= 11 is 1.61. The smallest absolute Gasteiger partial charge is 0.223 e. The molecule has 3 aromatic rings. The molecule has 3 heterocycles. The lowest BCUT2D eigenvalue weighted by Crippen LogP contribution is -2.42. The Hall–Kier alpha value is -2.45. The molecule has 8 heteroatoms. The predicted octanol–water partition coefficient (Wildman–Crippen LogP) is 3.44. The first-order chi connectivity index (χ1) is 15.1. The van der Waals surface area contributed by atoms with Crippen LogP contribution in [0.5, 0.6) is 0 Å². The fraction of sp³-hybridized carbons (Fsp3) is 0.522. The molecule has 0 spiro atoms. The molecule has 31 heavy (non-hydrogen) atoms. The number of fused-ring (bicyclic) bond motifs is 1. The Balaban J connectivity index is 1.31. The molecule has 0 radical (unpaired) electrons. The number of piperidine rings is 1. The van der Waals surface area contributed by atoms with Gasteiger partial charge in [-0.15, -0.1) is 5.10 Å². The summed E-state index contributed by atoms with van der Waals surface area (Å²) in [5.41, 5.74) is 3.30. The van der Waals surface area contributed by atoms with Crippen LogP contribution in [0.3, 0.4) is 0 Å². The minimum atomic E-state index is 0.102. The molecule has 1 aliphatic rings. The molecule has 0 atom stereocenters. The van der Waals surface area contributed by atoms with Crippen molar-refractivity contribution in [1.29, 1.82) is 0 Å². The van der Waals surface area contributed by atoms with E-state index < -0.39 is 0 Å². The van der Waals surface area contributed by atoms with Crippen LogP contribution in [0.25, 0.3) is 16.2 Å². The summed E-state index contributed by atoms with van der Waals surface area (Å²) in [7, 11) is 0. The van der Waals surface area contributed by atoms with E-state index in [9.17, 15) is 4.79 Å². The molecule has 4 rings (SSSR count). The molecule has 0 bridgehead atoms. The molecule has 0 saturated carbocycles. The fourth-order valence-corrected chi connectivity index (χ4v) is 4.97. The van der Waals surface area contributed by atoms with Crippen LogP contribution in [-0.4, -0.2) is 64.7 Å². The number of carbonyl (C=O) groups excluding carboxylic acids is 1. The van der Waals surface area contributed by atoms with Crippen molar-refractivity contribution in [3.05, 3.63) is 36.0 Å². The number of aryl methyl sites for hydroxylation is 1. The van der Waals surface area contributed by atoms with Gasteiger partial charge >= 0.3 is 0 Å². The number of benzene rings is 1. The number of carbonyl (C=O) groups is 1. The van der Waals surface area contributed by atoms with Crippen molar-refractivity contribution in [3.8, 4) is 11.3 Å². The van der Waals surface area contributed by atoms with Gasteiger partial charge in [0.2, 0.25) is 16.0 Å². The second-order valence-electron chi connectivity index (χ2n) is 8.18. The highest BCUT2D eigenvalue weighted by atomic mass is 32.1. The maximum Gasteiger partial charge on any atom is 0.223 e. The molecule has 1 saturated heterocycles. The number of hydrogen-bond donors (Lipinski definition) is 1. The number of imidazole rings is 1. The Morgan fingerprint density at radius 2 is 1.90 bits per heavy atom. The topological polar surface area (TPSA) is 65.8 Å². The highest BCUT2D eigenvalue weighted by Crippen LogP contribution is 2.29. The molecule has 0 aliphatic carbocycles. The van der Waals surface area contributed by atoms with Gasteiger partial charge < -0.3 is 15.1 Å². The average molecular weight is 441 g/mol. The minimum absolute atomic E-state index is 0.102. The highest BCUT2D eigenvalue weighted by Gasteiger charge is 2.26. The van der Waals surface area contributed by atoms with Crippen molar-refractivity contribution in [1.82, 2.24) is 24.8 Å². The van der Waals surface area contributed by atoms with Crippen molar-refractivity contribution in [2.75, 3.05) is 44.2 Å². The quantitative estimate of drug-likeness (QED) is 0.581. The Labute approximate surface area is 188 Å². The molecule has 166 valence electrons. The third kappa shape index (κ3) is 5.07. The van der Waals surface area contributed by atoms with Gasteiger partial charge in [0.05, 0.1) is 11.9 Å². The van der Waals surface area contributed by atoms with Gasteiger partial charge in [0.1, 0.15) is 0 Å². The zero-order chi connectivity index (χ0) is 21.8. The summed E-state index contributed by atoms with van der Waals surface area (Å²) < 4.78 is 1.88. The molecular weight excluding hydrogens is 408 g/mol. The lowest BCUT2D eigenvalue weighted by molar-refractivity contribution is -0.125. The Morgan fingerprint density at radius 1 is 1.19 bits per heavy atom. The van der Waals surface area contributed by atoms with Gasteiger partial charge in [-0.25, -0.2) is 9.50 Å². The number of aromatic nitrogens is 3. The van der Waals surface area contributed by atoms with Crippen molar-refractivity contribution in [3.63, 3.8) is 0 Å². The van der Waals surface area contributed by atoms with E-state index in [4.69, 9.17) is 10.1 Å². The minimum Gasteiger partial charge on any atom is -0.355 e. The van der Waals surface area contributed by atoms with E-state index in [-0.39, 0.29) is 11.8 Å². The third-order valence-electron chi connectivity index (χ3n) is 6.14. The normalized spacial score (nSPS) is 15.2. The van der Waals surface area contributed by atoms with Crippen molar-refractivity contribution in [2.45, 2.75) is 33.6 Å². The first-order valence-corrected chi connectivity index (χ1v) is 12.1. The van der Waals surface area contributed by atoms with Gasteiger partial charge in [0.15, 0.2) is 0 Å². The number of nitrogens with one attached hydrogen (secondary N) is 1. The second kappa shape index (κ2) is 9.78. The van der Waals surface area contributed by atoms with Crippen LogP contribution in [0, 0.1) is 12.8 Å². The van der Waals surface area contributed by atoms with Gasteiger partial charge in [0, 0.05) is 37.7 Å². The number of amides is 1. The van der Waals surface area contributed by atoms with Gasteiger partial charge in [-0.3, -0.25) is 4.79 Å². The maximum atomic E-state index is 12.5. The molecule has 1 aromatic carbocycles. The second-order valence-corrected chi connectivity index (χ2v) is 9.12. The number of likely N-dealkylation sites (N-methyl/N-ethyl adjacent to an activating group) is 1. The van der Waals surface area contributed by atoms with Gasteiger partial charge in [0.25, 0.3) is 0 Å². The average Bonchev–Trinajstić information content (AvgIpc) is 3.37. The maximum absolute atomic E-state index is 12.5. The standard InChI is InChI=1S/C23H32N6OS/c1-4-27(5-2)15-12-24-21(30)19-10-13-28(14-11-19)23-26-29-16-20(25-22(29)31-23)18-8-6-17(3)7-9-18/h6-9,16,19H,4-5,10-15H2,1-3H3,(H,24,30). The monoisotopic (exact) mass is 440 g/mol. The van der Waals surface area contributed by atoms with Crippen molar-refractivity contribution < 1.29 is 4.79 Å². The third-order valence-corrected chi connectivity index (χ3v) is 7.12. The van der Waals surface area contributed by atoms with Crippen LogP contribution in [0.15, 0.2) is 30.5 Å². The van der Waals surface area contributed by atoms with E-state index in [0.717, 1.165) is 73.5 Å². The lowest BCUT2D eigenvalue weighted by Gasteiger charge is -2.30. The summed E-state index contributed by atoms with van der Waals surface area (Å²) in [6.07, 6.45) is 3.73. The van der Waals surface area contributed by atoms with Crippen LogP contribution in [0.2, 0.25) is 0 Å². The van der Waals surface area contributed by atoms with Crippen LogP contribution in [0.1, 0.15) is 32.3 Å². The van der Waals surface area contributed by atoms with Crippen LogP contribution in [-0.2, 0) is 4.79 Å². The molecule has 1 N–H and O–H groups in total. The van der Waals surface area contributed by atoms with E-state index >= 15 is 0 Å². The number of hydrogen-bond acceptors (Lipinski definition) is 6. The zero-order valence-corrected chi connectivity index (χ0v) is 19.5. The summed E-state index contributed by atoms with van der Waals surface area (Å²) in [5, 5.41) is 8.86. The van der Waals surface area contributed by atoms with E-state index in [2.05, 4.69) is 60.2 Å². The first-order valence-electron chi connectivity index (χ1n) is 11.3. The van der Waals surface area contributed by atoms with Gasteiger partial charge in [-0.1, -0.05) is 55.0 Å². The van der Waals surface area contributed by atoms with Crippen molar-refractivity contribution in [2.24, 2.45) is 5.92 Å². The van der Waals surface area contributed by atoms with E-state index in [1.807, 2.05) is 10.7 Å². The Morgan fingerprint density at radius 3 is 2.55 bits per heavy atom. The van der Waals surface area contributed by atoms with Gasteiger partial charge in [-0.2, -0.15) is 0 Å². The highest BCUT2D eigenvalue weighted by molar-refractivity contribution is 7.20. The summed E-state index contributed by atoms with van der Waals surface area (Å²) in [4.78, 5) is 22.8. The fourth-order valence-electron chi connectivity index (χ4n) is 4.04. The number of nitrogens with zero attached hydrogens (tertiary/aromatic N) is 5. The van der Waals surface area contributed by atoms with Crippen molar-refractivity contribution >= 4 is 27.3 Å². The molecule has 7 nitrogen and oxygen atoms in total. The van der Waals surface area contributed by atoms with E-state index in [1.165, 1.54) is 5.56 Å². The van der Waals surface area contributed by atoms with Crippen LogP contribution < -0.4 is 10.2 Å². The van der Waals surface area contributed by atoms with Crippen LogP contribution in [0.4, 0.5) is 5.13 Å². The molecule has 0 unspecified atom stereocenters. The first kappa shape index (κ1) is 21.8. The Bertz CT molecular complexity index is 967. The summed E-state index contributed by atoms with van der Waals surface area (Å²) in [5.74, 6) is 0.300. The summed E-state index contributed by atoms with van der Waals surface area (Å²) in [6.45, 7) is 11.8. The van der Waals surface area contributed by atoms with Crippen LogP contribution >= 0.6 is 11.3 Å². The molecule has 2 aromatic heterocycles. The molecule has 1 aliphatic heterocycles. The number of rotatable bonds is 8. The Kier molecular flexibility index (Phi) is 6.87. The van der Waals surface area contributed by atoms with E-state index in [1.54, 1.807) is 11.3 Å². The lowest BCUT2D eigenvalue weighted by atomic mass is 9.96. The molecule has 1 amide bonds. The molecule has 1 fully saturated rings. The number of anilines is 1. The van der Waals surface area contributed by atoms with E-state index in [0.29, 0.717) is 0 Å².